The fourth-order valence-electron chi connectivity index (χ4n) is 9.21. The number of carbonyl (C=O) groups excluding carboxylic acids is 4. The van der Waals surface area contributed by atoms with Crippen molar-refractivity contribution in [3.8, 4) is 16.3 Å². The molecule has 2 aliphatic heterocycles. The van der Waals surface area contributed by atoms with Gasteiger partial charge in [-0.3, -0.25) is 33.6 Å². The number of imide groups is 2. The molecular formula is C38H35ClN4O7S. The number of carboxylic acids is 1. The highest BCUT2D eigenvalue weighted by Crippen LogP contribution is 2.63. The lowest BCUT2D eigenvalue weighted by molar-refractivity contribution is -0.142. The molecule has 2 aliphatic carbocycles. The van der Waals surface area contributed by atoms with Gasteiger partial charge < -0.3 is 10.2 Å². The number of hydrogen-bond acceptors (Lipinski definition) is 8. The number of nitrogens with zero attached hydrogens (tertiary/aromatic N) is 4. The first kappa shape index (κ1) is 33.3. The lowest BCUT2D eigenvalue weighted by Crippen LogP contribution is -2.48. The van der Waals surface area contributed by atoms with Gasteiger partial charge in [-0.15, -0.1) is 11.3 Å². The molecule has 3 fully saturated rings. The van der Waals surface area contributed by atoms with Crippen LogP contribution >= 0.6 is 22.9 Å². The van der Waals surface area contributed by atoms with Crippen LogP contribution in [0.1, 0.15) is 49.7 Å². The quantitative estimate of drug-likeness (QED) is 0.172. The number of phenols is 1. The average molecular weight is 727 g/mol. The van der Waals surface area contributed by atoms with E-state index < -0.39 is 52.8 Å². The molecule has 2 N–H and O–H groups in total. The summed E-state index contributed by atoms with van der Waals surface area (Å²) in [6.07, 6.45) is 2.39. The van der Waals surface area contributed by atoms with Crippen LogP contribution in [-0.2, 0) is 31.0 Å². The third-order valence-electron chi connectivity index (χ3n) is 11.6. The molecule has 6 atom stereocenters. The van der Waals surface area contributed by atoms with Gasteiger partial charge in [-0.05, 0) is 85.9 Å². The summed E-state index contributed by atoms with van der Waals surface area (Å²) in [5.41, 5.74) is 1.78. The van der Waals surface area contributed by atoms with Crippen LogP contribution in [-0.4, -0.2) is 61.0 Å². The van der Waals surface area contributed by atoms with E-state index in [9.17, 15) is 29.1 Å². The number of anilines is 1. The van der Waals surface area contributed by atoms with Gasteiger partial charge in [0.2, 0.25) is 23.6 Å². The van der Waals surface area contributed by atoms with Crippen molar-refractivity contribution in [3.05, 3.63) is 76.3 Å². The third kappa shape index (κ3) is 4.90. The molecular weight excluding hydrogens is 692 g/mol. The number of hydrogen-bond donors (Lipinski definition) is 2. The molecule has 4 heterocycles. The summed E-state index contributed by atoms with van der Waals surface area (Å²) in [6.45, 7) is 3.80. The van der Waals surface area contributed by atoms with Gasteiger partial charge in [0.05, 0.1) is 28.0 Å². The molecule has 2 aromatic carbocycles. The van der Waals surface area contributed by atoms with Crippen LogP contribution in [0.2, 0.25) is 5.02 Å². The first-order valence-corrected chi connectivity index (χ1v) is 18.2. The molecule has 13 heteroatoms. The molecule has 2 saturated heterocycles. The van der Waals surface area contributed by atoms with Crippen LogP contribution in [0.25, 0.3) is 20.7 Å². The fraction of sp³-hybridized carbons (Fsp3) is 0.368. The Labute approximate surface area is 302 Å². The number of aromatic hydroxyl groups is 1. The molecule has 4 aliphatic rings. The molecule has 4 aromatic rings. The second-order valence-electron chi connectivity index (χ2n) is 14.3. The minimum Gasteiger partial charge on any atom is -0.508 e. The first-order valence-electron chi connectivity index (χ1n) is 17.0. The zero-order valence-electron chi connectivity index (χ0n) is 28.1. The number of aromatic nitrogens is 2. The fourth-order valence-corrected chi connectivity index (χ4v) is 10.5. The van der Waals surface area contributed by atoms with Gasteiger partial charge in [0.1, 0.15) is 17.3 Å². The Morgan fingerprint density at radius 2 is 1.84 bits per heavy atom. The van der Waals surface area contributed by atoms with Crippen LogP contribution in [0, 0.1) is 36.0 Å². The van der Waals surface area contributed by atoms with Crippen molar-refractivity contribution in [3.63, 3.8) is 0 Å². The molecule has 0 unspecified atom stereocenters. The summed E-state index contributed by atoms with van der Waals surface area (Å²) in [7, 11) is 1.70. The van der Waals surface area contributed by atoms with Gasteiger partial charge in [-0.25, -0.2) is 4.90 Å². The molecule has 8 rings (SSSR count). The van der Waals surface area contributed by atoms with E-state index in [1.807, 2.05) is 37.3 Å². The standard InChI is InChI=1S/C38H35ClN4O7S/c1-18-24-15-20(39)9-12-28(24)51-33(18)27-17-29(41(3)40-27)43-35(48)26-16-25-22(32(38(26,2)37(43)50)19-6-4-7-21(44)14-19)10-11-23-31(25)36(49)42(34(23)47)13-5-8-30(45)46/h4,6-7,9-10,12,14-15,17,23,25-26,31-32,44H,5,8,11,13,16H2,1-3H3,(H,45,46)/t23-,25+,26-,31-,32-,38+/m0/s1. The molecule has 2 aromatic heterocycles. The molecule has 0 spiro atoms. The minimum atomic E-state index is -1.28. The average Bonchev–Trinajstić information content (AvgIpc) is 3.75. The van der Waals surface area contributed by atoms with Crippen LogP contribution in [0.4, 0.5) is 5.82 Å². The van der Waals surface area contributed by atoms with Gasteiger partial charge in [-0.1, -0.05) is 35.4 Å². The van der Waals surface area contributed by atoms with Crippen molar-refractivity contribution in [2.75, 3.05) is 11.4 Å². The van der Waals surface area contributed by atoms with Gasteiger partial charge in [0.15, 0.2) is 0 Å². The van der Waals surface area contributed by atoms with E-state index in [4.69, 9.17) is 21.8 Å². The number of allylic oxidation sites excluding steroid dienone is 2. The van der Waals surface area contributed by atoms with E-state index in [1.165, 1.54) is 15.9 Å². The Morgan fingerprint density at radius 1 is 1.06 bits per heavy atom. The number of benzene rings is 2. The normalized spacial score (nSPS) is 27.2. The maximum atomic E-state index is 14.9. The summed E-state index contributed by atoms with van der Waals surface area (Å²) in [6, 6.07) is 14.1. The number of aryl methyl sites for hydroxylation is 2. The van der Waals surface area contributed by atoms with Crippen LogP contribution in [0.15, 0.2) is 60.2 Å². The van der Waals surface area contributed by atoms with Crippen molar-refractivity contribution < 1.29 is 34.2 Å². The highest BCUT2D eigenvalue weighted by Gasteiger charge is 2.68. The number of fused-ring (bicyclic) bond motifs is 5. The zero-order valence-corrected chi connectivity index (χ0v) is 29.7. The molecule has 0 bridgehead atoms. The molecule has 4 amide bonds. The smallest absolute Gasteiger partial charge is 0.303 e. The predicted molar refractivity (Wildman–Crippen MR) is 190 cm³/mol. The van der Waals surface area contributed by atoms with Crippen LogP contribution < -0.4 is 4.90 Å². The third-order valence-corrected chi connectivity index (χ3v) is 13.1. The van der Waals surface area contributed by atoms with Gasteiger partial charge in [0.25, 0.3) is 0 Å². The second-order valence-corrected chi connectivity index (χ2v) is 15.8. The highest BCUT2D eigenvalue weighted by atomic mass is 35.5. The van der Waals surface area contributed by atoms with Gasteiger partial charge in [0, 0.05) is 41.7 Å². The van der Waals surface area contributed by atoms with Crippen molar-refractivity contribution in [2.45, 2.75) is 45.4 Å². The zero-order chi connectivity index (χ0) is 36.1. The number of amides is 4. The highest BCUT2D eigenvalue weighted by molar-refractivity contribution is 7.22. The molecule has 51 heavy (non-hydrogen) atoms. The maximum absolute atomic E-state index is 14.9. The number of phenolic OH excluding ortho intramolecular Hbond substituents is 1. The van der Waals surface area contributed by atoms with E-state index >= 15 is 0 Å². The number of rotatable bonds is 7. The Kier molecular flexibility index (Phi) is 7.77. The summed E-state index contributed by atoms with van der Waals surface area (Å²) in [5, 5.41) is 26.1. The lowest BCUT2D eigenvalue weighted by Gasteiger charge is -2.49. The van der Waals surface area contributed by atoms with Crippen molar-refractivity contribution in [1.29, 1.82) is 0 Å². The maximum Gasteiger partial charge on any atom is 0.303 e. The number of carbonyl (C=O) groups is 5. The largest absolute Gasteiger partial charge is 0.508 e. The van der Waals surface area contributed by atoms with E-state index in [-0.39, 0.29) is 49.8 Å². The van der Waals surface area contributed by atoms with Crippen LogP contribution in [0.5, 0.6) is 5.75 Å². The Hall–Kier alpha value is -4.81. The van der Waals surface area contributed by atoms with Gasteiger partial charge in [-0.2, -0.15) is 5.10 Å². The van der Waals surface area contributed by atoms with Crippen molar-refractivity contribution >= 4 is 68.4 Å². The number of halogens is 1. The Morgan fingerprint density at radius 3 is 2.59 bits per heavy atom. The topological polar surface area (TPSA) is 150 Å². The number of carboxylic acid groups (broad SMARTS) is 1. The number of likely N-dealkylation sites (tertiary alicyclic amines) is 1. The molecule has 11 nitrogen and oxygen atoms in total. The Balaban J connectivity index is 1.20. The van der Waals surface area contributed by atoms with Crippen molar-refractivity contribution in [2.24, 2.45) is 36.1 Å². The van der Waals surface area contributed by atoms with E-state index in [0.29, 0.717) is 22.1 Å². The molecule has 0 radical (unpaired) electrons. The molecule has 1 saturated carbocycles. The van der Waals surface area contributed by atoms with E-state index in [1.54, 1.807) is 48.2 Å². The monoisotopic (exact) mass is 726 g/mol. The van der Waals surface area contributed by atoms with Crippen molar-refractivity contribution in [1.82, 2.24) is 14.7 Å². The van der Waals surface area contributed by atoms with Gasteiger partial charge >= 0.3 is 5.97 Å². The number of thiophene rings is 1. The first-order chi connectivity index (χ1) is 24.3. The van der Waals surface area contributed by atoms with E-state index in [2.05, 4.69) is 0 Å². The predicted octanol–water partition coefficient (Wildman–Crippen LogP) is 6.06. The summed E-state index contributed by atoms with van der Waals surface area (Å²) < 4.78 is 2.58. The number of aliphatic carboxylic acids is 1. The Bertz CT molecular complexity index is 2240. The van der Waals surface area contributed by atoms with Crippen LogP contribution in [0.3, 0.4) is 0 Å². The van der Waals surface area contributed by atoms with E-state index in [0.717, 1.165) is 26.1 Å². The second kappa shape index (κ2) is 11.9. The molecule has 262 valence electrons. The lowest BCUT2D eigenvalue weighted by atomic mass is 9.51. The minimum absolute atomic E-state index is 0.00526. The summed E-state index contributed by atoms with van der Waals surface area (Å²) in [4.78, 5) is 71.6. The SMILES string of the molecule is Cc1c(-c2cc(N3C(=O)[C@@H]4C[C@@H]5C(=CC[C@@H]6C(=O)N(CCCC(=O)O)C(=O)[C@@H]65)[C@H](c5cccc(O)c5)[C@]4(C)C3=O)n(C)n2)sc2ccc(Cl)cc12. The summed E-state index contributed by atoms with van der Waals surface area (Å²) >= 11 is 7.84. The summed E-state index contributed by atoms with van der Waals surface area (Å²) in [5.74, 6) is -5.56.